The van der Waals surface area contributed by atoms with Crippen molar-refractivity contribution < 1.29 is 19.1 Å². The van der Waals surface area contributed by atoms with Gasteiger partial charge >= 0.3 is 12.0 Å². The second-order valence-corrected chi connectivity index (χ2v) is 7.27. The number of nitrogens with one attached hydrogen (secondary N) is 2. The first kappa shape index (κ1) is 23.9. The van der Waals surface area contributed by atoms with E-state index >= 15 is 0 Å². The molecule has 1 atom stereocenters. The Morgan fingerprint density at radius 2 is 1.55 bits per heavy atom. The highest BCUT2D eigenvalue weighted by atomic mass is 16.5. The summed E-state index contributed by atoms with van der Waals surface area (Å²) in [6, 6.07) is 19.0. The standard InChI is InChI=1S/C24H31N3O4/c1-3-31-23(29)21(16-19-10-6-4-7-11-19)17-26-22(28)14-15-25-24(30)27(2)18-20-12-8-5-9-13-20/h4-13,21H,3,14-18H2,1-2H3,(H,25,30)(H,26,28). The number of amides is 3. The minimum absolute atomic E-state index is 0.131. The van der Waals surface area contributed by atoms with Crippen LogP contribution < -0.4 is 10.6 Å². The van der Waals surface area contributed by atoms with Gasteiger partial charge in [0.1, 0.15) is 0 Å². The van der Waals surface area contributed by atoms with Crippen molar-refractivity contribution >= 4 is 17.9 Å². The third-order valence-electron chi connectivity index (χ3n) is 4.73. The smallest absolute Gasteiger partial charge is 0.317 e. The molecule has 1 unspecified atom stereocenters. The van der Waals surface area contributed by atoms with Crippen LogP contribution in [0.1, 0.15) is 24.5 Å². The summed E-state index contributed by atoms with van der Waals surface area (Å²) in [4.78, 5) is 38.2. The van der Waals surface area contributed by atoms with E-state index in [2.05, 4.69) is 10.6 Å². The maximum absolute atomic E-state index is 12.3. The number of rotatable bonds is 11. The second-order valence-electron chi connectivity index (χ2n) is 7.27. The molecule has 2 aromatic carbocycles. The van der Waals surface area contributed by atoms with E-state index in [1.54, 1.807) is 18.9 Å². The molecule has 2 aromatic rings. The van der Waals surface area contributed by atoms with E-state index in [-0.39, 0.29) is 37.4 Å². The molecule has 166 valence electrons. The normalized spacial score (nSPS) is 11.3. The first-order chi connectivity index (χ1) is 15.0. The number of hydrogen-bond donors (Lipinski definition) is 2. The summed E-state index contributed by atoms with van der Waals surface area (Å²) in [5.41, 5.74) is 2.03. The fourth-order valence-corrected chi connectivity index (χ4v) is 3.07. The number of ether oxygens (including phenoxy) is 1. The SMILES string of the molecule is CCOC(=O)C(CNC(=O)CCNC(=O)N(C)Cc1ccccc1)Cc1ccccc1. The minimum Gasteiger partial charge on any atom is -0.466 e. The van der Waals surface area contributed by atoms with Gasteiger partial charge < -0.3 is 20.3 Å². The largest absolute Gasteiger partial charge is 0.466 e. The van der Waals surface area contributed by atoms with Crippen molar-refractivity contribution in [2.45, 2.75) is 26.3 Å². The fourth-order valence-electron chi connectivity index (χ4n) is 3.07. The second kappa shape index (κ2) is 13.1. The van der Waals surface area contributed by atoms with Crippen LogP contribution in [0.4, 0.5) is 4.79 Å². The Hall–Kier alpha value is -3.35. The number of nitrogens with zero attached hydrogens (tertiary/aromatic N) is 1. The summed E-state index contributed by atoms with van der Waals surface area (Å²) >= 11 is 0. The summed E-state index contributed by atoms with van der Waals surface area (Å²) in [6.45, 7) is 2.94. The molecule has 0 radical (unpaired) electrons. The molecule has 31 heavy (non-hydrogen) atoms. The van der Waals surface area contributed by atoms with Crippen molar-refractivity contribution in [1.82, 2.24) is 15.5 Å². The first-order valence-electron chi connectivity index (χ1n) is 10.5. The number of urea groups is 1. The van der Waals surface area contributed by atoms with Gasteiger partial charge in [-0.05, 0) is 24.5 Å². The van der Waals surface area contributed by atoms with Crippen LogP contribution in [0, 0.1) is 5.92 Å². The predicted octanol–water partition coefficient (Wildman–Crippen LogP) is 2.76. The Labute approximate surface area is 183 Å². The highest BCUT2D eigenvalue weighted by Gasteiger charge is 2.21. The summed E-state index contributed by atoms with van der Waals surface area (Å²) in [7, 11) is 1.70. The number of carbonyl (C=O) groups is 3. The zero-order valence-electron chi connectivity index (χ0n) is 18.2. The van der Waals surface area contributed by atoms with E-state index in [1.807, 2.05) is 60.7 Å². The molecule has 0 aliphatic heterocycles. The lowest BCUT2D eigenvalue weighted by Gasteiger charge is -2.18. The predicted molar refractivity (Wildman–Crippen MR) is 119 cm³/mol. The topological polar surface area (TPSA) is 87.7 Å². The maximum atomic E-state index is 12.3. The minimum atomic E-state index is -0.460. The molecule has 7 nitrogen and oxygen atoms in total. The van der Waals surface area contributed by atoms with Crippen LogP contribution in [-0.2, 0) is 27.3 Å². The lowest BCUT2D eigenvalue weighted by atomic mass is 9.99. The molecule has 0 bridgehead atoms. The number of esters is 1. The Morgan fingerprint density at radius 3 is 2.16 bits per heavy atom. The molecular formula is C24H31N3O4. The van der Waals surface area contributed by atoms with Gasteiger partial charge in [0, 0.05) is 33.1 Å². The summed E-state index contributed by atoms with van der Waals surface area (Å²) in [6.07, 6.45) is 0.618. The van der Waals surface area contributed by atoms with Crippen molar-refractivity contribution in [3.05, 3.63) is 71.8 Å². The number of benzene rings is 2. The molecule has 0 aliphatic rings. The van der Waals surface area contributed by atoms with Crippen LogP contribution in [0.2, 0.25) is 0 Å². The van der Waals surface area contributed by atoms with Gasteiger partial charge in [-0.25, -0.2) is 4.79 Å². The molecule has 3 amide bonds. The van der Waals surface area contributed by atoms with Crippen LogP contribution in [0.5, 0.6) is 0 Å². The van der Waals surface area contributed by atoms with Gasteiger partial charge in [0.2, 0.25) is 5.91 Å². The summed E-state index contributed by atoms with van der Waals surface area (Å²) in [5, 5.41) is 5.52. The molecule has 0 fully saturated rings. The Kier molecular flexibility index (Phi) is 10.1. The molecular weight excluding hydrogens is 394 g/mol. The molecule has 7 heteroatoms. The van der Waals surface area contributed by atoms with Crippen LogP contribution in [0.15, 0.2) is 60.7 Å². The summed E-state index contributed by atoms with van der Waals surface area (Å²) in [5.74, 6) is -1.02. The van der Waals surface area contributed by atoms with E-state index < -0.39 is 5.92 Å². The van der Waals surface area contributed by atoms with Gasteiger partial charge in [-0.2, -0.15) is 0 Å². The van der Waals surface area contributed by atoms with Gasteiger partial charge in [0.05, 0.1) is 12.5 Å². The van der Waals surface area contributed by atoms with E-state index in [0.29, 0.717) is 19.6 Å². The van der Waals surface area contributed by atoms with Crippen LogP contribution in [0.25, 0.3) is 0 Å². The van der Waals surface area contributed by atoms with Crippen molar-refractivity contribution in [2.75, 3.05) is 26.7 Å². The Balaban J connectivity index is 1.74. The van der Waals surface area contributed by atoms with Crippen molar-refractivity contribution in [1.29, 1.82) is 0 Å². The molecule has 0 spiro atoms. The number of hydrogen-bond acceptors (Lipinski definition) is 4. The van der Waals surface area contributed by atoms with Gasteiger partial charge in [0.15, 0.2) is 0 Å². The van der Waals surface area contributed by atoms with E-state index in [9.17, 15) is 14.4 Å². The Morgan fingerprint density at radius 1 is 0.935 bits per heavy atom. The quantitative estimate of drug-likeness (QED) is 0.542. The lowest BCUT2D eigenvalue weighted by molar-refractivity contribution is -0.147. The highest BCUT2D eigenvalue weighted by molar-refractivity contribution is 5.79. The maximum Gasteiger partial charge on any atom is 0.317 e. The molecule has 0 saturated carbocycles. The van der Waals surface area contributed by atoms with Gasteiger partial charge in [0.25, 0.3) is 0 Å². The van der Waals surface area contributed by atoms with Crippen molar-refractivity contribution in [3.8, 4) is 0 Å². The van der Waals surface area contributed by atoms with Gasteiger partial charge in [-0.3, -0.25) is 9.59 Å². The third-order valence-corrected chi connectivity index (χ3v) is 4.73. The van der Waals surface area contributed by atoms with Crippen LogP contribution in [-0.4, -0.2) is 49.6 Å². The van der Waals surface area contributed by atoms with Crippen LogP contribution in [0.3, 0.4) is 0 Å². The molecule has 0 aliphatic carbocycles. The van der Waals surface area contributed by atoms with E-state index in [4.69, 9.17) is 4.74 Å². The van der Waals surface area contributed by atoms with E-state index in [1.165, 1.54) is 0 Å². The molecule has 0 saturated heterocycles. The lowest BCUT2D eigenvalue weighted by Crippen LogP contribution is -2.40. The average molecular weight is 426 g/mol. The van der Waals surface area contributed by atoms with Crippen molar-refractivity contribution in [3.63, 3.8) is 0 Å². The average Bonchev–Trinajstić information content (AvgIpc) is 2.78. The van der Waals surface area contributed by atoms with Gasteiger partial charge in [-0.15, -0.1) is 0 Å². The van der Waals surface area contributed by atoms with E-state index in [0.717, 1.165) is 11.1 Å². The highest BCUT2D eigenvalue weighted by Crippen LogP contribution is 2.10. The molecule has 2 rings (SSSR count). The summed E-state index contributed by atoms with van der Waals surface area (Å²) < 4.78 is 5.14. The Bertz CT molecular complexity index is 827. The fraction of sp³-hybridized carbons (Fsp3) is 0.375. The first-order valence-corrected chi connectivity index (χ1v) is 10.5. The molecule has 2 N–H and O–H groups in total. The number of carbonyl (C=O) groups excluding carboxylic acids is 3. The monoisotopic (exact) mass is 425 g/mol. The van der Waals surface area contributed by atoms with Crippen molar-refractivity contribution in [2.24, 2.45) is 5.92 Å². The molecule has 0 aromatic heterocycles. The van der Waals surface area contributed by atoms with Crippen LogP contribution >= 0.6 is 0 Å². The molecule has 0 heterocycles. The zero-order valence-corrected chi connectivity index (χ0v) is 18.2. The third kappa shape index (κ3) is 8.90. The zero-order chi connectivity index (χ0) is 22.5. The van der Waals surface area contributed by atoms with Gasteiger partial charge in [-0.1, -0.05) is 60.7 Å².